The van der Waals surface area contributed by atoms with E-state index in [1.807, 2.05) is 0 Å². The molecule has 0 amide bonds. The van der Waals surface area contributed by atoms with Crippen LogP contribution in [0.2, 0.25) is 0 Å². The van der Waals surface area contributed by atoms with Crippen LogP contribution in [-0.4, -0.2) is 18.3 Å². The summed E-state index contributed by atoms with van der Waals surface area (Å²) in [7, 11) is 0. The van der Waals surface area contributed by atoms with Gasteiger partial charge in [0.2, 0.25) is 0 Å². The Bertz CT molecular complexity index is 548. The van der Waals surface area contributed by atoms with Gasteiger partial charge in [0.05, 0.1) is 12.0 Å². The summed E-state index contributed by atoms with van der Waals surface area (Å²) in [6, 6.07) is 2.06. The molecular formula is C14H13F3O2S. The second kappa shape index (κ2) is 5.60. The van der Waals surface area contributed by atoms with Crippen molar-refractivity contribution in [1.29, 1.82) is 0 Å². The van der Waals surface area contributed by atoms with Crippen LogP contribution in [0.3, 0.4) is 0 Å². The number of ketones is 1. The third kappa shape index (κ3) is 3.06. The van der Waals surface area contributed by atoms with E-state index in [0.29, 0.717) is 22.3 Å². The van der Waals surface area contributed by atoms with Crippen molar-refractivity contribution in [2.24, 2.45) is 0 Å². The third-order valence-corrected chi connectivity index (χ3v) is 4.01. The van der Waals surface area contributed by atoms with Gasteiger partial charge in [-0.3, -0.25) is 4.79 Å². The molecule has 1 aromatic carbocycles. The standard InChI is InChI=1S/C14H13F3O2S/c1-20-12-7-9(14(15,16)17)6-10(8-2-3-8)13(12)11(19)4-5-18/h5-8H,2-4H2,1H3. The number of carbonyl (C=O) groups excluding carboxylic acids is 2. The van der Waals surface area contributed by atoms with Crippen molar-refractivity contribution < 1.29 is 22.8 Å². The molecular weight excluding hydrogens is 289 g/mol. The SMILES string of the molecule is CSc1cc(C(F)(F)F)cc(C2CC2)c1C(=O)CC=O. The van der Waals surface area contributed by atoms with Gasteiger partial charge in [0.1, 0.15) is 6.29 Å². The quantitative estimate of drug-likeness (QED) is 0.356. The van der Waals surface area contributed by atoms with Gasteiger partial charge in [0.25, 0.3) is 0 Å². The van der Waals surface area contributed by atoms with Crippen molar-refractivity contribution in [2.75, 3.05) is 6.26 Å². The molecule has 20 heavy (non-hydrogen) atoms. The number of alkyl halides is 3. The number of benzene rings is 1. The van der Waals surface area contributed by atoms with Gasteiger partial charge in [0.15, 0.2) is 5.78 Å². The first kappa shape index (κ1) is 15.1. The molecule has 2 nitrogen and oxygen atoms in total. The average molecular weight is 302 g/mol. The lowest BCUT2D eigenvalue weighted by Crippen LogP contribution is -2.11. The van der Waals surface area contributed by atoms with E-state index in [2.05, 4.69) is 0 Å². The van der Waals surface area contributed by atoms with Crippen LogP contribution in [0, 0.1) is 0 Å². The molecule has 1 aliphatic rings. The maximum Gasteiger partial charge on any atom is 0.416 e. The molecule has 6 heteroatoms. The summed E-state index contributed by atoms with van der Waals surface area (Å²) in [6.45, 7) is 0. The van der Waals surface area contributed by atoms with E-state index in [0.717, 1.165) is 36.7 Å². The first-order valence-electron chi connectivity index (χ1n) is 6.14. The number of rotatable bonds is 5. The van der Waals surface area contributed by atoms with E-state index in [4.69, 9.17) is 0 Å². The maximum atomic E-state index is 12.9. The van der Waals surface area contributed by atoms with E-state index in [1.54, 1.807) is 6.26 Å². The van der Waals surface area contributed by atoms with Crippen LogP contribution in [-0.2, 0) is 11.0 Å². The molecule has 108 valence electrons. The monoisotopic (exact) mass is 302 g/mol. The molecule has 0 heterocycles. The number of thioether (sulfide) groups is 1. The molecule has 0 atom stereocenters. The Hall–Kier alpha value is -1.30. The van der Waals surface area contributed by atoms with Crippen molar-refractivity contribution in [2.45, 2.75) is 36.3 Å². The van der Waals surface area contributed by atoms with Gasteiger partial charge >= 0.3 is 6.18 Å². The van der Waals surface area contributed by atoms with Crippen molar-refractivity contribution in [3.05, 3.63) is 28.8 Å². The zero-order valence-electron chi connectivity index (χ0n) is 10.8. The summed E-state index contributed by atoms with van der Waals surface area (Å²) in [6.07, 6.45) is -1.03. The van der Waals surface area contributed by atoms with Crippen molar-refractivity contribution in [1.82, 2.24) is 0 Å². The van der Waals surface area contributed by atoms with Crippen molar-refractivity contribution >= 4 is 23.8 Å². The van der Waals surface area contributed by atoms with Crippen LogP contribution in [0.1, 0.15) is 46.7 Å². The highest BCUT2D eigenvalue weighted by atomic mass is 32.2. The first-order chi connectivity index (χ1) is 9.38. The molecule has 0 N–H and O–H groups in total. The molecule has 2 rings (SSSR count). The number of hydrogen-bond donors (Lipinski definition) is 0. The van der Waals surface area contributed by atoms with Crippen molar-refractivity contribution in [3.8, 4) is 0 Å². The van der Waals surface area contributed by atoms with Crippen LogP contribution in [0.25, 0.3) is 0 Å². The Morgan fingerprint density at radius 2 is 2.05 bits per heavy atom. The van der Waals surface area contributed by atoms with Crippen LogP contribution in [0.4, 0.5) is 13.2 Å². The maximum absolute atomic E-state index is 12.9. The summed E-state index contributed by atoms with van der Waals surface area (Å²) < 4.78 is 38.7. The third-order valence-electron chi connectivity index (χ3n) is 3.24. The highest BCUT2D eigenvalue weighted by molar-refractivity contribution is 7.98. The van der Waals surface area contributed by atoms with Gasteiger partial charge in [-0.2, -0.15) is 13.2 Å². The summed E-state index contributed by atoms with van der Waals surface area (Å²) in [5.74, 6) is -0.395. The van der Waals surface area contributed by atoms with Gasteiger partial charge in [-0.1, -0.05) is 0 Å². The minimum absolute atomic E-state index is 0.00815. The Morgan fingerprint density at radius 3 is 2.50 bits per heavy atom. The van der Waals surface area contributed by atoms with E-state index in [1.165, 1.54) is 0 Å². The second-order valence-corrected chi connectivity index (χ2v) is 5.56. The number of carbonyl (C=O) groups is 2. The van der Waals surface area contributed by atoms with Gasteiger partial charge in [-0.05, 0) is 42.7 Å². The molecule has 0 saturated heterocycles. The van der Waals surface area contributed by atoms with Crippen LogP contribution >= 0.6 is 11.8 Å². The topological polar surface area (TPSA) is 34.1 Å². The fourth-order valence-electron chi connectivity index (χ4n) is 2.15. The fourth-order valence-corrected chi connectivity index (χ4v) is 2.83. The molecule has 0 aromatic heterocycles. The largest absolute Gasteiger partial charge is 0.416 e. The molecule has 1 aliphatic carbocycles. The fraction of sp³-hybridized carbons (Fsp3) is 0.429. The summed E-state index contributed by atoms with van der Waals surface area (Å²) in [5, 5.41) is 0. The van der Waals surface area contributed by atoms with E-state index in [-0.39, 0.29) is 12.3 Å². The van der Waals surface area contributed by atoms with Crippen LogP contribution in [0.5, 0.6) is 0 Å². The highest BCUT2D eigenvalue weighted by Gasteiger charge is 2.36. The molecule has 1 aromatic rings. The molecule has 0 unspecified atom stereocenters. The second-order valence-electron chi connectivity index (χ2n) is 4.71. The number of aldehydes is 1. The van der Waals surface area contributed by atoms with Crippen LogP contribution < -0.4 is 0 Å². The molecule has 1 fully saturated rings. The summed E-state index contributed by atoms with van der Waals surface area (Å²) in [5.41, 5.74) is 0.00234. The minimum Gasteiger partial charge on any atom is -0.303 e. The lowest BCUT2D eigenvalue weighted by Gasteiger charge is -2.16. The van der Waals surface area contributed by atoms with Gasteiger partial charge in [0, 0.05) is 10.5 Å². The van der Waals surface area contributed by atoms with Crippen LogP contribution in [0.15, 0.2) is 17.0 Å². The Kier molecular flexibility index (Phi) is 4.22. The number of halogens is 3. The molecule has 0 spiro atoms. The summed E-state index contributed by atoms with van der Waals surface area (Å²) >= 11 is 1.10. The van der Waals surface area contributed by atoms with E-state index < -0.39 is 17.5 Å². The smallest absolute Gasteiger partial charge is 0.303 e. The Morgan fingerprint density at radius 1 is 1.40 bits per heavy atom. The predicted octanol–water partition coefficient (Wildman–Crippen LogP) is 4.08. The highest BCUT2D eigenvalue weighted by Crippen LogP contribution is 2.46. The molecule has 0 aliphatic heterocycles. The molecule has 1 saturated carbocycles. The summed E-state index contributed by atoms with van der Waals surface area (Å²) in [4.78, 5) is 22.8. The van der Waals surface area contributed by atoms with Gasteiger partial charge < -0.3 is 4.79 Å². The first-order valence-corrected chi connectivity index (χ1v) is 7.37. The zero-order valence-corrected chi connectivity index (χ0v) is 11.6. The minimum atomic E-state index is -4.43. The normalized spacial score (nSPS) is 15.2. The predicted molar refractivity (Wildman–Crippen MR) is 70.2 cm³/mol. The Balaban J connectivity index is 2.59. The molecule has 0 radical (unpaired) electrons. The average Bonchev–Trinajstić information content (AvgIpc) is 3.20. The van der Waals surface area contributed by atoms with Gasteiger partial charge in [-0.25, -0.2) is 0 Å². The lowest BCUT2D eigenvalue weighted by molar-refractivity contribution is -0.137. The van der Waals surface area contributed by atoms with E-state index >= 15 is 0 Å². The lowest BCUT2D eigenvalue weighted by atomic mass is 9.95. The number of Topliss-reactive ketones (excluding diaryl/α,β-unsaturated/α-hetero) is 1. The van der Waals surface area contributed by atoms with Crippen molar-refractivity contribution in [3.63, 3.8) is 0 Å². The van der Waals surface area contributed by atoms with Gasteiger partial charge in [-0.15, -0.1) is 11.8 Å². The number of hydrogen-bond acceptors (Lipinski definition) is 3. The molecule has 0 bridgehead atoms. The Labute approximate surface area is 118 Å². The zero-order chi connectivity index (χ0) is 14.9. The van der Waals surface area contributed by atoms with E-state index in [9.17, 15) is 22.8 Å².